The molecular formula is C18H22N2O2S. The molecule has 0 N–H and O–H groups in total. The summed E-state index contributed by atoms with van der Waals surface area (Å²) in [6.07, 6.45) is 4.68. The molecule has 1 amide bonds. The van der Waals surface area contributed by atoms with E-state index in [1.807, 2.05) is 23.5 Å². The zero-order valence-corrected chi connectivity index (χ0v) is 14.1. The maximum absolute atomic E-state index is 12.8. The zero-order valence-electron chi connectivity index (χ0n) is 13.2. The van der Waals surface area contributed by atoms with Crippen LogP contribution in [0.15, 0.2) is 34.3 Å². The quantitative estimate of drug-likeness (QED) is 0.867. The summed E-state index contributed by atoms with van der Waals surface area (Å²) in [6.45, 7) is 4.52. The lowest BCUT2D eigenvalue weighted by Crippen LogP contribution is -2.43. The van der Waals surface area contributed by atoms with Gasteiger partial charge in [-0.25, -0.2) is 0 Å². The fourth-order valence-corrected chi connectivity index (χ4v) is 4.55. The number of amides is 1. The van der Waals surface area contributed by atoms with Crippen LogP contribution in [0.25, 0.3) is 0 Å². The van der Waals surface area contributed by atoms with Gasteiger partial charge in [0.15, 0.2) is 0 Å². The van der Waals surface area contributed by atoms with E-state index in [4.69, 9.17) is 4.42 Å². The highest BCUT2D eigenvalue weighted by atomic mass is 32.1. The van der Waals surface area contributed by atoms with E-state index in [9.17, 15) is 4.79 Å². The van der Waals surface area contributed by atoms with Crippen LogP contribution in [0.4, 0.5) is 0 Å². The third-order valence-electron chi connectivity index (χ3n) is 5.02. The molecule has 1 saturated heterocycles. The lowest BCUT2D eigenvalue weighted by atomic mass is 9.94. The van der Waals surface area contributed by atoms with E-state index in [1.165, 1.54) is 10.4 Å². The molecule has 2 aromatic rings. The van der Waals surface area contributed by atoms with Crippen LogP contribution < -0.4 is 0 Å². The van der Waals surface area contributed by atoms with Crippen LogP contribution in [-0.4, -0.2) is 35.3 Å². The van der Waals surface area contributed by atoms with Crippen LogP contribution in [0, 0.1) is 5.92 Å². The van der Waals surface area contributed by atoms with Gasteiger partial charge in [-0.1, -0.05) is 0 Å². The number of carbonyl (C=O) groups excluding carboxylic acids is 1. The van der Waals surface area contributed by atoms with Gasteiger partial charge in [-0.15, -0.1) is 11.3 Å². The SMILES string of the molecule is O=C(C1CCN(Cc2ccco2)CC1)N1CCc2sccc2C1. The second-order valence-electron chi connectivity index (χ2n) is 6.51. The molecule has 23 heavy (non-hydrogen) atoms. The first kappa shape index (κ1) is 15.0. The minimum atomic E-state index is 0.197. The molecule has 2 aliphatic heterocycles. The molecule has 0 aromatic carbocycles. The van der Waals surface area contributed by atoms with Gasteiger partial charge in [0.05, 0.1) is 12.8 Å². The third kappa shape index (κ3) is 3.21. The smallest absolute Gasteiger partial charge is 0.226 e. The maximum atomic E-state index is 12.8. The van der Waals surface area contributed by atoms with Crippen molar-refractivity contribution in [2.75, 3.05) is 19.6 Å². The van der Waals surface area contributed by atoms with Gasteiger partial charge in [-0.05, 0) is 61.5 Å². The van der Waals surface area contributed by atoms with Crippen LogP contribution >= 0.6 is 11.3 Å². The van der Waals surface area contributed by atoms with Gasteiger partial charge >= 0.3 is 0 Å². The first-order valence-electron chi connectivity index (χ1n) is 8.38. The number of rotatable bonds is 3. The highest BCUT2D eigenvalue weighted by Gasteiger charge is 2.30. The summed E-state index contributed by atoms with van der Waals surface area (Å²) >= 11 is 1.82. The minimum Gasteiger partial charge on any atom is -0.468 e. The first-order chi connectivity index (χ1) is 11.3. The molecule has 0 radical (unpaired) electrons. The first-order valence-corrected chi connectivity index (χ1v) is 9.26. The number of nitrogens with zero attached hydrogens (tertiary/aromatic N) is 2. The predicted molar refractivity (Wildman–Crippen MR) is 90.1 cm³/mol. The number of fused-ring (bicyclic) bond motifs is 1. The van der Waals surface area contributed by atoms with Crippen molar-refractivity contribution in [1.82, 2.24) is 9.80 Å². The second kappa shape index (κ2) is 6.49. The molecule has 0 unspecified atom stereocenters. The molecule has 0 atom stereocenters. The van der Waals surface area contributed by atoms with Gasteiger partial charge in [0.25, 0.3) is 0 Å². The molecule has 0 saturated carbocycles. The molecule has 2 aliphatic rings. The Kier molecular flexibility index (Phi) is 4.23. The molecule has 5 heteroatoms. The van der Waals surface area contributed by atoms with Gasteiger partial charge in [-0.3, -0.25) is 9.69 Å². The normalized spacial score (nSPS) is 19.7. The van der Waals surface area contributed by atoms with E-state index >= 15 is 0 Å². The summed E-state index contributed by atoms with van der Waals surface area (Å²) in [4.78, 5) is 18.7. The van der Waals surface area contributed by atoms with E-state index in [2.05, 4.69) is 21.2 Å². The lowest BCUT2D eigenvalue weighted by Gasteiger charge is -2.35. The minimum absolute atomic E-state index is 0.197. The van der Waals surface area contributed by atoms with E-state index in [1.54, 1.807) is 6.26 Å². The van der Waals surface area contributed by atoms with Crippen molar-refractivity contribution in [3.63, 3.8) is 0 Å². The van der Waals surface area contributed by atoms with Crippen molar-refractivity contribution in [3.05, 3.63) is 46.0 Å². The molecule has 1 fully saturated rings. The van der Waals surface area contributed by atoms with E-state index in [-0.39, 0.29) is 5.92 Å². The van der Waals surface area contributed by atoms with Crippen molar-refractivity contribution >= 4 is 17.2 Å². The van der Waals surface area contributed by atoms with Crippen LogP contribution in [-0.2, 0) is 24.3 Å². The molecular weight excluding hydrogens is 308 g/mol. The number of hydrogen-bond donors (Lipinski definition) is 0. The molecule has 4 heterocycles. The summed E-state index contributed by atoms with van der Waals surface area (Å²) in [5, 5.41) is 2.14. The number of hydrogen-bond acceptors (Lipinski definition) is 4. The Labute approximate surface area is 140 Å². The summed E-state index contributed by atoms with van der Waals surface area (Å²) in [5.74, 6) is 1.57. The molecule has 0 bridgehead atoms. The molecule has 4 rings (SSSR count). The Morgan fingerprint density at radius 1 is 1.26 bits per heavy atom. The number of thiophene rings is 1. The number of piperidine rings is 1. The lowest BCUT2D eigenvalue weighted by molar-refractivity contribution is -0.138. The topological polar surface area (TPSA) is 36.7 Å². The van der Waals surface area contributed by atoms with Crippen LogP contribution in [0.3, 0.4) is 0 Å². The molecule has 0 spiro atoms. The third-order valence-corrected chi connectivity index (χ3v) is 6.04. The standard InChI is InChI=1S/C18H22N2O2S/c21-18(20-9-5-17-15(12-20)6-11-23-17)14-3-7-19(8-4-14)13-16-2-1-10-22-16/h1-2,6,10-11,14H,3-5,7-9,12-13H2. The van der Waals surface area contributed by atoms with Crippen molar-refractivity contribution in [2.45, 2.75) is 32.4 Å². The van der Waals surface area contributed by atoms with Crippen LogP contribution in [0.5, 0.6) is 0 Å². The Bertz CT molecular complexity index is 656. The maximum Gasteiger partial charge on any atom is 0.226 e. The Morgan fingerprint density at radius 3 is 2.91 bits per heavy atom. The number of furan rings is 1. The van der Waals surface area contributed by atoms with Crippen LogP contribution in [0.1, 0.15) is 29.0 Å². The summed E-state index contributed by atoms with van der Waals surface area (Å²) in [5.41, 5.74) is 1.35. The zero-order chi connectivity index (χ0) is 15.6. The van der Waals surface area contributed by atoms with Gasteiger partial charge < -0.3 is 9.32 Å². The Balaban J connectivity index is 1.31. The van der Waals surface area contributed by atoms with Gasteiger partial charge in [0.1, 0.15) is 5.76 Å². The summed E-state index contributed by atoms with van der Waals surface area (Å²) in [6, 6.07) is 6.12. The molecule has 2 aromatic heterocycles. The van der Waals surface area contributed by atoms with Crippen LogP contribution in [0.2, 0.25) is 0 Å². The Morgan fingerprint density at radius 2 is 2.13 bits per heavy atom. The van der Waals surface area contributed by atoms with E-state index in [0.717, 1.165) is 57.7 Å². The molecule has 4 nitrogen and oxygen atoms in total. The number of carbonyl (C=O) groups is 1. The van der Waals surface area contributed by atoms with Crippen molar-refractivity contribution in [1.29, 1.82) is 0 Å². The largest absolute Gasteiger partial charge is 0.468 e. The average molecular weight is 330 g/mol. The van der Waals surface area contributed by atoms with E-state index in [0.29, 0.717) is 5.91 Å². The highest BCUT2D eigenvalue weighted by molar-refractivity contribution is 7.10. The second-order valence-corrected chi connectivity index (χ2v) is 7.51. The summed E-state index contributed by atoms with van der Waals surface area (Å²) in [7, 11) is 0. The van der Waals surface area contributed by atoms with Gasteiger partial charge in [0, 0.05) is 23.9 Å². The van der Waals surface area contributed by atoms with Gasteiger partial charge in [-0.2, -0.15) is 0 Å². The highest BCUT2D eigenvalue weighted by Crippen LogP contribution is 2.27. The molecule has 122 valence electrons. The van der Waals surface area contributed by atoms with Crippen molar-refractivity contribution in [3.8, 4) is 0 Å². The average Bonchev–Trinajstić information content (AvgIpc) is 3.25. The van der Waals surface area contributed by atoms with Crippen molar-refractivity contribution < 1.29 is 9.21 Å². The van der Waals surface area contributed by atoms with E-state index < -0.39 is 0 Å². The monoisotopic (exact) mass is 330 g/mol. The fraction of sp³-hybridized carbons (Fsp3) is 0.500. The predicted octanol–water partition coefficient (Wildman–Crippen LogP) is 3.14. The van der Waals surface area contributed by atoms with Gasteiger partial charge in [0.2, 0.25) is 5.91 Å². The Hall–Kier alpha value is -1.59. The fourth-order valence-electron chi connectivity index (χ4n) is 3.66. The molecule has 0 aliphatic carbocycles. The summed E-state index contributed by atoms with van der Waals surface area (Å²) < 4.78 is 5.42. The van der Waals surface area contributed by atoms with Crippen molar-refractivity contribution in [2.24, 2.45) is 5.92 Å². The number of likely N-dealkylation sites (tertiary alicyclic amines) is 1.